The van der Waals surface area contributed by atoms with Crippen LogP contribution in [0.2, 0.25) is 0 Å². The molecule has 0 aliphatic carbocycles. The molecule has 0 atom stereocenters. The lowest BCUT2D eigenvalue weighted by Gasteiger charge is -2.10. The van der Waals surface area contributed by atoms with Gasteiger partial charge in [0.25, 0.3) is 0 Å². The molecule has 0 bridgehead atoms. The summed E-state index contributed by atoms with van der Waals surface area (Å²) in [4.78, 5) is 3.57. The highest BCUT2D eigenvalue weighted by molar-refractivity contribution is 5.88. The van der Waals surface area contributed by atoms with E-state index < -0.39 is 0 Å². The first kappa shape index (κ1) is 18.3. The van der Waals surface area contributed by atoms with Gasteiger partial charge in [-0.1, -0.05) is 13.3 Å². The highest BCUT2D eigenvalue weighted by atomic mass is 19.1. The van der Waals surface area contributed by atoms with Crippen molar-refractivity contribution in [2.45, 2.75) is 26.2 Å². The van der Waals surface area contributed by atoms with Gasteiger partial charge in [-0.25, -0.2) is 4.39 Å². The molecule has 0 aliphatic heterocycles. The van der Waals surface area contributed by atoms with Crippen LogP contribution >= 0.6 is 0 Å². The molecule has 5 heteroatoms. The van der Waals surface area contributed by atoms with E-state index in [0.717, 1.165) is 42.7 Å². The van der Waals surface area contributed by atoms with E-state index >= 15 is 0 Å². The third-order valence-electron chi connectivity index (χ3n) is 4.56. The Hall–Kier alpha value is -2.53. The second-order valence-electron chi connectivity index (χ2n) is 6.42. The molecule has 1 aromatic heterocycles. The molecule has 2 aromatic carbocycles. The summed E-state index contributed by atoms with van der Waals surface area (Å²) < 4.78 is 18.7. The molecular formula is C21H26FN3O. The van der Waals surface area contributed by atoms with Crippen LogP contribution in [0.5, 0.6) is 5.75 Å². The Morgan fingerprint density at radius 2 is 1.85 bits per heavy atom. The maximum Gasteiger partial charge on any atom is 0.165 e. The molecule has 3 aromatic rings. The molecule has 138 valence electrons. The van der Waals surface area contributed by atoms with Crippen molar-refractivity contribution in [3.05, 3.63) is 53.5 Å². The van der Waals surface area contributed by atoms with E-state index in [-0.39, 0.29) is 11.6 Å². The number of aromatic nitrogens is 1. The largest absolute Gasteiger partial charge is 0.494 e. The lowest BCUT2D eigenvalue weighted by molar-refractivity contribution is 0.387. The van der Waals surface area contributed by atoms with Crippen LogP contribution < -0.4 is 15.4 Å². The van der Waals surface area contributed by atoms with Gasteiger partial charge in [0.05, 0.1) is 7.11 Å². The predicted octanol–water partition coefficient (Wildman–Crippen LogP) is 4.77. The van der Waals surface area contributed by atoms with Gasteiger partial charge in [-0.05, 0) is 62.3 Å². The first-order valence-corrected chi connectivity index (χ1v) is 9.05. The Kier molecular flexibility index (Phi) is 5.78. The number of rotatable bonds is 8. The number of hydrogen-bond donors (Lipinski definition) is 3. The maximum atomic E-state index is 13.6. The quantitative estimate of drug-likeness (QED) is 0.545. The van der Waals surface area contributed by atoms with Crippen molar-refractivity contribution in [1.29, 1.82) is 0 Å². The van der Waals surface area contributed by atoms with E-state index in [0.29, 0.717) is 0 Å². The van der Waals surface area contributed by atoms with Gasteiger partial charge in [0.15, 0.2) is 11.6 Å². The topological polar surface area (TPSA) is 49.1 Å². The Morgan fingerprint density at radius 1 is 1.08 bits per heavy atom. The zero-order chi connectivity index (χ0) is 18.5. The first-order chi connectivity index (χ1) is 12.7. The van der Waals surface area contributed by atoms with Crippen LogP contribution in [0.25, 0.3) is 10.9 Å². The Balaban J connectivity index is 1.94. The van der Waals surface area contributed by atoms with Crippen LogP contribution in [0.1, 0.15) is 24.6 Å². The summed E-state index contributed by atoms with van der Waals surface area (Å²) in [6.45, 7) is 3.14. The van der Waals surface area contributed by atoms with Crippen LogP contribution in [0.3, 0.4) is 0 Å². The monoisotopic (exact) mass is 355 g/mol. The number of ether oxygens (including phenoxy) is 1. The second-order valence-corrected chi connectivity index (χ2v) is 6.42. The van der Waals surface area contributed by atoms with Gasteiger partial charge in [-0.15, -0.1) is 0 Å². The van der Waals surface area contributed by atoms with Gasteiger partial charge in [0, 0.05) is 34.0 Å². The number of aryl methyl sites for hydroxylation is 1. The van der Waals surface area contributed by atoms with Crippen LogP contribution in [0, 0.1) is 5.82 Å². The van der Waals surface area contributed by atoms with E-state index in [4.69, 9.17) is 4.74 Å². The van der Waals surface area contributed by atoms with E-state index in [1.165, 1.54) is 29.8 Å². The molecule has 0 fully saturated rings. The fourth-order valence-corrected chi connectivity index (χ4v) is 3.28. The second kappa shape index (κ2) is 8.23. The molecule has 0 saturated heterocycles. The molecule has 3 N–H and O–H groups in total. The zero-order valence-corrected chi connectivity index (χ0v) is 15.6. The average Bonchev–Trinajstić information content (AvgIpc) is 2.98. The summed E-state index contributed by atoms with van der Waals surface area (Å²) in [7, 11) is 3.45. The van der Waals surface area contributed by atoms with Crippen LogP contribution in [0.15, 0.2) is 36.4 Å². The fourth-order valence-electron chi connectivity index (χ4n) is 3.28. The number of likely N-dealkylation sites (N-methyl/N-ethyl adjacent to an activating group) is 1. The van der Waals surface area contributed by atoms with Gasteiger partial charge >= 0.3 is 0 Å². The summed E-state index contributed by atoms with van der Waals surface area (Å²) in [6.07, 6.45) is 3.14. The smallest absolute Gasteiger partial charge is 0.165 e. The highest BCUT2D eigenvalue weighted by Gasteiger charge is 2.12. The number of halogens is 1. The van der Waals surface area contributed by atoms with Gasteiger partial charge in [-0.3, -0.25) is 0 Å². The van der Waals surface area contributed by atoms with E-state index in [1.807, 2.05) is 13.1 Å². The molecular weight excluding hydrogens is 329 g/mol. The lowest BCUT2D eigenvalue weighted by atomic mass is 10.0. The van der Waals surface area contributed by atoms with Crippen molar-refractivity contribution < 1.29 is 9.13 Å². The lowest BCUT2D eigenvalue weighted by Crippen LogP contribution is -2.11. The highest BCUT2D eigenvalue weighted by Crippen LogP contribution is 2.29. The van der Waals surface area contributed by atoms with Gasteiger partial charge in [0.2, 0.25) is 0 Å². The van der Waals surface area contributed by atoms with Gasteiger partial charge in [0.1, 0.15) is 0 Å². The van der Waals surface area contributed by atoms with Crippen LogP contribution in [0.4, 0.5) is 15.8 Å². The van der Waals surface area contributed by atoms with Crippen molar-refractivity contribution in [3.63, 3.8) is 0 Å². The van der Waals surface area contributed by atoms with Crippen LogP contribution in [-0.4, -0.2) is 25.7 Å². The Bertz CT molecular complexity index is 888. The van der Waals surface area contributed by atoms with Crippen LogP contribution in [-0.2, 0) is 12.8 Å². The average molecular weight is 355 g/mol. The Morgan fingerprint density at radius 3 is 2.58 bits per heavy atom. The zero-order valence-electron chi connectivity index (χ0n) is 15.6. The third-order valence-corrected chi connectivity index (χ3v) is 4.56. The Labute approximate surface area is 153 Å². The standard InChI is InChI=1S/C21H26FN3O/c1-4-5-19-16(10-11-23-2)17-12-14(7-9-20(17)25-19)24-15-6-8-18(22)21(13-15)26-3/h6-9,12-13,23-25H,4-5,10-11H2,1-3H3. The number of fused-ring (bicyclic) bond motifs is 1. The normalized spacial score (nSPS) is 11.1. The summed E-state index contributed by atoms with van der Waals surface area (Å²) in [5, 5.41) is 7.82. The molecule has 0 amide bonds. The molecule has 0 unspecified atom stereocenters. The molecule has 26 heavy (non-hydrogen) atoms. The number of H-pyrrole nitrogens is 1. The minimum Gasteiger partial charge on any atom is -0.494 e. The minimum absolute atomic E-state index is 0.234. The molecule has 0 aliphatic rings. The summed E-state index contributed by atoms with van der Waals surface area (Å²) >= 11 is 0. The SMILES string of the molecule is CCCc1[nH]c2ccc(Nc3ccc(F)c(OC)c3)cc2c1CCNC. The molecule has 1 heterocycles. The summed E-state index contributed by atoms with van der Waals surface area (Å²) in [6, 6.07) is 11.1. The molecule has 3 rings (SSSR count). The number of benzene rings is 2. The van der Waals surface area contributed by atoms with Crippen molar-refractivity contribution in [3.8, 4) is 5.75 Å². The van der Waals surface area contributed by atoms with E-state index in [1.54, 1.807) is 12.1 Å². The number of nitrogens with one attached hydrogen (secondary N) is 3. The van der Waals surface area contributed by atoms with Gasteiger partial charge < -0.3 is 20.4 Å². The number of aromatic amines is 1. The van der Waals surface area contributed by atoms with Crippen molar-refractivity contribution in [1.82, 2.24) is 10.3 Å². The number of methoxy groups -OCH3 is 1. The molecule has 4 nitrogen and oxygen atoms in total. The van der Waals surface area contributed by atoms with E-state index in [9.17, 15) is 4.39 Å². The van der Waals surface area contributed by atoms with E-state index in [2.05, 4.69) is 34.7 Å². The van der Waals surface area contributed by atoms with Crippen molar-refractivity contribution >= 4 is 22.3 Å². The molecule has 0 spiro atoms. The molecule has 0 radical (unpaired) electrons. The maximum absolute atomic E-state index is 13.6. The first-order valence-electron chi connectivity index (χ1n) is 9.05. The van der Waals surface area contributed by atoms with Crippen molar-refractivity contribution in [2.75, 3.05) is 26.0 Å². The fraction of sp³-hybridized carbons (Fsp3) is 0.333. The predicted molar refractivity (Wildman–Crippen MR) is 106 cm³/mol. The summed E-state index contributed by atoms with van der Waals surface area (Å²) in [5.41, 5.74) is 5.61. The third kappa shape index (κ3) is 3.83. The van der Waals surface area contributed by atoms with Crippen molar-refractivity contribution in [2.24, 2.45) is 0 Å². The summed E-state index contributed by atoms with van der Waals surface area (Å²) in [5.74, 6) is -0.129. The number of anilines is 2. The minimum atomic E-state index is -0.363. The molecule has 0 saturated carbocycles. The number of hydrogen-bond acceptors (Lipinski definition) is 3. The van der Waals surface area contributed by atoms with Gasteiger partial charge in [-0.2, -0.15) is 0 Å².